The number of hydrogen-bond donors (Lipinski definition) is 0. The number of carbonyl (C=O) groups excluding carboxylic acids is 2. The SMILES string of the molecule is CC(=O)N(C)CCCCCCC(=O)N1CCCCC1.CCC1CCN(C)CC1. The molecule has 0 aliphatic carbocycles. The monoisotopic (exact) mass is 395 g/mol. The summed E-state index contributed by atoms with van der Waals surface area (Å²) in [5.41, 5.74) is 0. The van der Waals surface area contributed by atoms with Gasteiger partial charge >= 0.3 is 0 Å². The van der Waals surface area contributed by atoms with Crippen LogP contribution < -0.4 is 0 Å². The molecule has 0 saturated carbocycles. The summed E-state index contributed by atoms with van der Waals surface area (Å²) in [6.07, 6.45) is 12.7. The summed E-state index contributed by atoms with van der Waals surface area (Å²) >= 11 is 0. The van der Waals surface area contributed by atoms with Crippen LogP contribution in [-0.4, -0.2) is 73.3 Å². The average Bonchev–Trinajstić information content (AvgIpc) is 2.71. The number of likely N-dealkylation sites (tertiary alicyclic amines) is 2. The van der Waals surface area contributed by atoms with Crippen LogP contribution in [0.1, 0.15) is 84.5 Å². The molecule has 0 bridgehead atoms. The molecule has 2 fully saturated rings. The normalized spacial score (nSPS) is 18.4. The smallest absolute Gasteiger partial charge is 0.222 e. The van der Waals surface area contributed by atoms with Crippen LogP contribution in [0.25, 0.3) is 0 Å². The van der Waals surface area contributed by atoms with Crippen molar-refractivity contribution in [1.29, 1.82) is 0 Å². The first-order chi connectivity index (χ1) is 13.4. The highest BCUT2D eigenvalue weighted by atomic mass is 16.2. The Hall–Kier alpha value is -1.10. The fraction of sp³-hybridized carbons (Fsp3) is 0.913. The molecule has 0 N–H and O–H groups in total. The maximum Gasteiger partial charge on any atom is 0.222 e. The summed E-state index contributed by atoms with van der Waals surface area (Å²) in [6.45, 7) is 9.28. The number of amides is 2. The highest BCUT2D eigenvalue weighted by Gasteiger charge is 2.15. The lowest BCUT2D eigenvalue weighted by Gasteiger charge is -2.27. The van der Waals surface area contributed by atoms with Crippen molar-refractivity contribution >= 4 is 11.8 Å². The van der Waals surface area contributed by atoms with Gasteiger partial charge in [0, 0.05) is 40.0 Å². The van der Waals surface area contributed by atoms with Gasteiger partial charge in [-0.3, -0.25) is 9.59 Å². The van der Waals surface area contributed by atoms with Crippen LogP contribution in [-0.2, 0) is 9.59 Å². The molecule has 28 heavy (non-hydrogen) atoms. The third-order valence-corrected chi connectivity index (χ3v) is 6.30. The van der Waals surface area contributed by atoms with Crippen LogP contribution in [0.15, 0.2) is 0 Å². The second-order valence-corrected chi connectivity index (χ2v) is 8.70. The number of piperidine rings is 2. The lowest BCUT2D eigenvalue weighted by molar-refractivity contribution is -0.132. The van der Waals surface area contributed by atoms with Crippen molar-refractivity contribution in [3.63, 3.8) is 0 Å². The van der Waals surface area contributed by atoms with Gasteiger partial charge in [0.05, 0.1) is 0 Å². The van der Waals surface area contributed by atoms with Crippen molar-refractivity contribution in [2.75, 3.05) is 46.8 Å². The minimum atomic E-state index is 0.125. The second kappa shape index (κ2) is 14.8. The highest BCUT2D eigenvalue weighted by molar-refractivity contribution is 5.76. The molecule has 2 saturated heterocycles. The summed E-state index contributed by atoms with van der Waals surface area (Å²) < 4.78 is 0. The van der Waals surface area contributed by atoms with E-state index in [2.05, 4.69) is 18.9 Å². The van der Waals surface area contributed by atoms with Gasteiger partial charge in [0.15, 0.2) is 0 Å². The van der Waals surface area contributed by atoms with Gasteiger partial charge in [-0.05, 0) is 71.0 Å². The molecule has 2 aliphatic rings. The Morgan fingerprint density at radius 3 is 2.11 bits per heavy atom. The van der Waals surface area contributed by atoms with Crippen molar-refractivity contribution in [1.82, 2.24) is 14.7 Å². The van der Waals surface area contributed by atoms with Gasteiger partial charge in [0.2, 0.25) is 11.8 Å². The minimum absolute atomic E-state index is 0.125. The molecular formula is C23H45N3O2. The number of carbonyl (C=O) groups is 2. The molecule has 0 aromatic carbocycles. The molecule has 5 heteroatoms. The average molecular weight is 396 g/mol. The van der Waals surface area contributed by atoms with Gasteiger partial charge in [0.25, 0.3) is 0 Å². The number of unbranched alkanes of at least 4 members (excludes halogenated alkanes) is 3. The molecule has 2 rings (SSSR count). The first kappa shape index (κ1) is 24.9. The molecule has 0 aromatic rings. The fourth-order valence-electron chi connectivity index (χ4n) is 3.91. The summed E-state index contributed by atoms with van der Waals surface area (Å²) in [4.78, 5) is 29.1. The molecular weight excluding hydrogens is 350 g/mol. The van der Waals surface area contributed by atoms with E-state index in [0.29, 0.717) is 12.3 Å². The Bertz CT molecular complexity index is 428. The third-order valence-electron chi connectivity index (χ3n) is 6.30. The van der Waals surface area contributed by atoms with Crippen molar-refractivity contribution in [2.45, 2.75) is 84.5 Å². The molecule has 0 unspecified atom stereocenters. The van der Waals surface area contributed by atoms with E-state index in [4.69, 9.17) is 0 Å². The van der Waals surface area contributed by atoms with Gasteiger partial charge in [-0.25, -0.2) is 0 Å². The van der Waals surface area contributed by atoms with E-state index in [1.165, 1.54) is 51.6 Å². The zero-order valence-electron chi connectivity index (χ0n) is 19.0. The minimum Gasteiger partial charge on any atom is -0.346 e. The van der Waals surface area contributed by atoms with Gasteiger partial charge in [-0.2, -0.15) is 0 Å². The Kier molecular flexibility index (Phi) is 13.2. The van der Waals surface area contributed by atoms with Gasteiger partial charge in [-0.15, -0.1) is 0 Å². The molecule has 2 aliphatic heterocycles. The second-order valence-electron chi connectivity index (χ2n) is 8.70. The van der Waals surface area contributed by atoms with Crippen LogP contribution in [0.4, 0.5) is 0 Å². The predicted octanol–water partition coefficient (Wildman–Crippen LogP) is 4.17. The van der Waals surface area contributed by atoms with E-state index in [9.17, 15) is 9.59 Å². The van der Waals surface area contributed by atoms with E-state index in [-0.39, 0.29) is 5.91 Å². The third kappa shape index (κ3) is 11.0. The molecule has 0 atom stereocenters. The van der Waals surface area contributed by atoms with Gasteiger partial charge in [-0.1, -0.05) is 26.2 Å². The first-order valence-electron chi connectivity index (χ1n) is 11.6. The Balaban J connectivity index is 0.000000362. The molecule has 0 aromatic heterocycles. The maximum absolute atomic E-state index is 11.9. The standard InChI is InChI=1S/C15H28N2O2.C8H17N/c1-14(18)16(2)11-7-4-3-6-10-15(19)17-12-8-5-9-13-17;1-3-8-4-6-9(2)7-5-8/h3-13H2,1-2H3;8H,3-7H2,1-2H3. The number of hydrogen-bond acceptors (Lipinski definition) is 3. The van der Waals surface area contributed by atoms with Crippen molar-refractivity contribution in [3.8, 4) is 0 Å². The summed E-state index contributed by atoms with van der Waals surface area (Å²) in [7, 11) is 4.05. The Morgan fingerprint density at radius 2 is 1.54 bits per heavy atom. The lowest BCUT2D eigenvalue weighted by Crippen LogP contribution is -2.35. The molecule has 2 amide bonds. The summed E-state index contributed by atoms with van der Waals surface area (Å²) in [5, 5.41) is 0. The largest absolute Gasteiger partial charge is 0.346 e. The quantitative estimate of drug-likeness (QED) is 0.580. The Labute approximate surface area is 173 Å². The van der Waals surface area contributed by atoms with Gasteiger partial charge < -0.3 is 14.7 Å². The summed E-state index contributed by atoms with van der Waals surface area (Å²) in [5.74, 6) is 1.49. The number of nitrogens with zero attached hydrogens (tertiary/aromatic N) is 3. The van der Waals surface area contributed by atoms with Gasteiger partial charge in [0.1, 0.15) is 0 Å². The van der Waals surface area contributed by atoms with E-state index < -0.39 is 0 Å². The van der Waals surface area contributed by atoms with E-state index >= 15 is 0 Å². The van der Waals surface area contributed by atoms with E-state index in [0.717, 1.165) is 51.2 Å². The van der Waals surface area contributed by atoms with E-state index in [1.807, 2.05) is 11.9 Å². The topological polar surface area (TPSA) is 43.9 Å². The molecule has 164 valence electrons. The summed E-state index contributed by atoms with van der Waals surface area (Å²) in [6, 6.07) is 0. The van der Waals surface area contributed by atoms with E-state index in [1.54, 1.807) is 11.8 Å². The lowest BCUT2D eigenvalue weighted by atomic mass is 9.95. The van der Waals surface area contributed by atoms with Crippen LogP contribution in [0.3, 0.4) is 0 Å². The van der Waals surface area contributed by atoms with Crippen LogP contribution in [0.5, 0.6) is 0 Å². The molecule has 0 spiro atoms. The zero-order chi connectivity index (χ0) is 20.8. The maximum atomic E-state index is 11.9. The highest BCUT2D eigenvalue weighted by Crippen LogP contribution is 2.18. The predicted molar refractivity (Wildman–Crippen MR) is 117 cm³/mol. The molecule has 0 radical (unpaired) electrons. The zero-order valence-corrected chi connectivity index (χ0v) is 19.0. The van der Waals surface area contributed by atoms with Crippen LogP contribution in [0.2, 0.25) is 0 Å². The fourth-order valence-corrected chi connectivity index (χ4v) is 3.91. The first-order valence-corrected chi connectivity index (χ1v) is 11.6. The molecule has 5 nitrogen and oxygen atoms in total. The van der Waals surface area contributed by atoms with Crippen molar-refractivity contribution in [2.24, 2.45) is 5.92 Å². The van der Waals surface area contributed by atoms with Crippen LogP contribution in [0, 0.1) is 5.92 Å². The Morgan fingerprint density at radius 1 is 0.929 bits per heavy atom. The number of rotatable bonds is 8. The molecule has 2 heterocycles. The van der Waals surface area contributed by atoms with Crippen LogP contribution >= 0.6 is 0 Å². The van der Waals surface area contributed by atoms with Crippen molar-refractivity contribution in [3.05, 3.63) is 0 Å². The van der Waals surface area contributed by atoms with Crippen molar-refractivity contribution < 1.29 is 9.59 Å².